The van der Waals surface area contributed by atoms with E-state index < -0.39 is 12.6 Å². The van der Waals surface area contributed by atoms with E-state index in [9.17, 15) is 13.2 Å². The number of nitrogens with zero attached hydrogens (tertiary/aromatic N) is 1. The van der Waals surface area contributed by atoms with Crippen molar-refractivity contribution in [1.29, 1.82) is 0 Å². The van der Waals surface area contributed by atoms with E-state index in [0.29, 0.717) is 13.1 Å². The van der Waals surface area contributed by atoms with Crippen LogP contribution in [0.1, 0.15) is 23.4 Å². The van der Waals surface area contributed by atoms with Crippen LogP contribution in [-0.2, 0) is 6.54 Å². The van der Waals surface area contributed by atoms with Gasteiger partial charge in [-0.1, -0.05) is 0 Å². The molecular weight excluding hydrogens is 225 g/mol. The Morgan fingerprint density at radius 3 is 2.73 bits per heavy atom. The van der Waals surface area contributed by atoms with Crippen molar-refractivity contribution < 1.29 is 13.2 Å². The molecule has 1 aromatic rings. The van der Waals surface area contributed by atoms with Gasteiger partial charge in [-0.2, -0.15) is 13.2 Å². The zero-order valence-corrected chi connectivity index (χ0v) is 9.21. The number of nitrogens with one attached hydrogen (secondary N) is 1. The highest BCUT2D eigenvalue weighted by Crippen LogP contribution is 2.20. The van der Waals surface area contributed by atoms with E-state index in [4.69, 9.17) is 0 Å². The quantitative estimate of drug-likeness (QED) is 0.798. The Kier molecular flexibility index (Phi) is 4.53. The summed E-state index contributed by atoms with van der Waals surface area (Å²) in [7, 11) is 0. The number of halogens is 3. The molecule has 1 N–H and O–H groups in total. The Labute approximate surface area is 90.5 Å². The molecule has 0 saturated carbocycles. The molecule has 0 fully saturated rings. The molecule has 0 spiro atoms. The molecule has 1 rings (SSSR count). The molecule has 0 bridgehead atoms. The van der Waals surface area contributed by atoms with Crippen molar-refractivity contribution >= 4 is 11.3 Å². The lowest BCUT2D eigenvalue weighted by molar-refractivity contribution is -0.135. The highest BCUT2D eigenvalue weighted by atomic mass is 32.1. The molecule has 86 valence electrons. The van der Waals surface area contributed by atoms with Gasteiger partial charge in [-0.15, -0.1) is 11.3 Å². The minimum atomic E-state index is -4.04. The maximum absolute atomic E-state index is 11.8. The van der Waals surface area contributed by atoms with E-state index >= 15 is 0 Å². The van der Waals surface area contributed by atoms with Crippen LogP contribution in [0.15, 0.2) is 5.51 Å². The topological polar surface area (TPSA) is 24.9 Å². The van der Waals surface area contributed by atoms with Crippen molar-refractivity contribution in [2.75, 3.05) is 6.54 Å². The second-order valence-corrected chi connectivity index (χ2v) is 4.20. The Morgan fingerprint density at radius 2 is 2.20 bits per heavy atom. The van der Waals surface area contributed by atoms with Gasteiger partial charge in [0.05, 0.1) is 11.2 Å². The van der Waals surface area contributed by atoms with Crippen LogP contribution in [0.25, 0.3) is 0 Å². The molecule has 0 aliphatic carbocycles. The molecule has 0 atom stereocenters. The van der Waals surface area contributed by atoms with Gasteiger partial charge in [-0.05, 0) is 19.9 Å². The first-order valence-corrected chi connectivity index (χ1v) is 5.53. The SMILES string of the molecule is Cc1ncsc1CNCCCC(F)(F)F. The predicted octanol–water partition coefficient (Wildman–Crippen LogP) is 2.88. The third-order valence-electron chi connectivity index (χ3n) is 1.94. The summed E-state index contributed by atoms with van der Waals surface area (Å²) in [6.45, 7) is 2.88. The first kappa shape index (κ1) is 12.4. The maximum atomic E-state index is 11.8. The molecule has 0 aliphatic heterocycles. The molecular formula is C9H13F3N2S. The van der Waals surface area contributed by atoms with Gasteiger partial charge in [0, 0.05) is 17.8 Å². The number of alkyl halides is 3. The van der Waals surface area contributed by atoms with E-state index in [1.165, 1.54) is 11.3 Å². The number of thiazole rings is 1. The summed E-state index contributed by atoms with van der Waals surface area (Å²) in [5.41, 5.74) is 2.69. The molecule has 0 saturated heterocycles. The molecule has 1 aromatic heterocycles. The number of hydrogen-bond acceptors (Lipinski definition) is 3. The van der Waals surface area contributed by atoms with Gasteiger partial charge in [0.15, 0.2) is 0 Å². The fourth-order valence-corrected chi connectivity index (χ4v) is 1.86. The minimum Gasteiger partial charge on any atom is -0.312 e. The molecule has 1 heterocycles. The van der Waals surface area contributed by atoms with Gasteiger partial charge < -0.3 is 5.32 Å². The summed E-state index contributed by atoms with van der Waals surface area (Å²) >= 11 is 1.52. The van der Waals surface area contributed by atoms with Gasteiger partial charge in [0.25, 0.3) is 0 Å². The summed E-state index contributed by atoms with van der Waals surface area (Å²) < 4.78 is 35.4. The lowest BCUT2D eigenvalue weighted by atomic mass is 10.3. The third kappa shape index (κ3) is 5.13. The predicted molar refractivity (Wildman–Crippen MR) is 53.8 cm³/mol. The number of aryl methyl sites for hydroxylation is 1. The minimum absolute atomic E-state index is 0.126. The van der Waals surface area contributed by atoms with E-state index in [1.807, 2.05) is 6.92 Å². The largest absolute Gasteiger partial charge is 0.389 e. The van der Waals surface area contributed by atoms with Crippen molar-refractivity contribution in [3.63, 3.8) is 0 Å². The monoisotopic (exact) mass is 238 g/mol. The summed E-state index contributed by atoms with van der Waals surface area (Å²) in [6, 6.07) is 0. The average molecular weight is 238 g/mol. The lowest BCUT2D eigenvalue weighted by Gasteiger charge is -2.06. The van der Waals surface area contributed by atoms with Crippen LogP contribution in [0, 0.1) is 6.92 Å². The van der Waals surface area contributed by atoms with Gasteiger partial charge in [0.2, 0.25) is 0 Å². The molecule has 0 unspecified atom stereocenters. The van der Waals surface area contributed by atoms with Crippen molar-refractivity contribution in [2.24, 2.45) is 0 Å². The van der Waals surface area contributed by atoms with Gasteiger partial charge in [-0.25, -0.2) is 4.98 Å². The number of aromatic nitrogens is 1. The Hall–Kier alpha value is -0.620. The smallest absolute Gasteiger partial charge is 0.312 e. The van der Waals surface area contributed by atoms with Gasteiger partial charge in [0.1, 0.15) is 0 Å². The van der Waals surface area contributed by atoms with Crippen LogP contribution in [0.5, 0.6) is 0 Å². The standard InChI is InChI=1S/C9H13F3N2S/c1-7-8(15-6-14-7)5-13-4-2-3-9(10,11)12/h6,13H,2-5H2,1H3. The summed E-state index contributed by atoms with van der Waals surface area (Å²) in [5.74, 6) is 0. The second kappa shape index (κ2) is 5.46. The third-order valence-corrected chi connectivity index (χ3v) is 2.88. The lowest BCUT2D eigenvalue weighted by Crippen LogP contribution is -2.17. The van der Waals surface area contributed by atoms with Crippen LogP contribution in [0.4, 0.5) is 13.2 Å². The summed E-state index contributed by atoms with van der Waals surface area (Å²) in [5, 5.41) is 2.97. The van der Waals surface area contributed by atoms with Crippen LogP contribution >= 0.6 is 11.3 Å². The zero-order valence-electron chi connectivity index (χ0n) is 8.40. The fraction of sp³-hybridized carbons (Fsp3) is 0.667. The first-order chi connectivity index (χ1) is 6.99. The van der Waals surface area contributed by atoms with Crippen LogP contribution in [0.2, 0.25) is 0 Å². The van der Waals surface area contributed by atoms with Crippen LogP contribution in [0.3, 0.4) is 0 Å². The second-order valence-electron chi connectivity index (χ2n) is 3.26. The van der Waals surface area contributed by atoms with Crippen molar-refractivity contribution in [2.45, 2.75) is 32.5 Å². The number of hydrogen-bond donors (Lipinski definition) is 1. The van der Waals surface area contributed by atoms with Crippen LogP contribution < -0.4 is 5.32 Å². The zero-order chi connectivity index (χ0) is 11.3. The van der Waals surface area contributed by atoms with E-state index in [0.717, 1.165) is 10.6 Å². The molecule has 0 radical (unpaired) electrons. The fourth-order valence-electron chi connectivity index (χ4n) is 1.11. The summed E-state index contributed by atoms with van der Waals surface area (Å²) in [6.07, 6.45) is -4.63. The van der Waals surface area contributed by atoms with Gasteiger partial charge in [-0.3, -0.25) is 0 Å². The average Bonchev–Trinajstić information content (AvgIpc) is 2.49. The molecule has 0 aromatic carbocycles. The molecule has 0 amide bonds. The maximum Gasteiger partial charge on any atom is 0.389 e. The molecule has 6 heteroatoms. The normalized spacial score (nSPS) is 12.0. The summed E-state index contributed by atoms with van der Waals surface area (Å²) in [4.78, 5) is 5.14. The Bertz CT molecular complexity index is 296. The number of rotatable bonds is 5. The van der Waals surface area contributed by atoms with Crippen LogP contribution in [-0.4, -0.2) is 17.7 Å². The van der Waals surface area contributed by atoms with E-state index in [2.05, 4.69) is 10.3 Å². The Balaban J connectivity index is 2.10. The van der Waals surface area contributed by atoms with Gasteiger partial charge >= 0.3 is 6.18 Å². The van der Waals surface area contributed by atoms with Crippen molar-refractivity contribution in [1.82, 2.24) is 10.3 Å². The van der Waals surface area contributed by atoms with E-state index in [-0.39, 0.29) is 6.42 Å². The molecule has 15 heavy (non-hydrogen) atoms. The molecule has 2 nitrogen and oxygen atoms in total. The first-order valence-electron chi connectivity index (χ1n) is 4.65. The highest BCUT2D eigenvalue weighted by molar-refractivity contribution is 7.09. The highest BCUT2D eigenvalue weighted by Gasteiger charge is 2.25. The van der Waals surface area contributed by atoms with Crippen molar-refractivity contribution in [3.8, 4) is 0 Å². The van der Waals surface area contributed by atoms with Crippen molar-refractivity contribution in [3.05, 3.63) is 16.1 Å². The molecule has 0 aliphatic rings. The van der Waals surface area contributed by atoms with E-state index in [1.54, 1.807) is 5.51 Å². The Morgan fingerprint density at radius 1 is 1.47 bits per heavy atom.